The van der Waals surface area contributed by atoms with E-state index in [2.05, 4.69) is 111 Å². The molecule has 0 spiro atoms. The van der Waals surface area contributed by atoms with Crippen LogP contribution in [0.3, 0.4) is 0 Å². The first-order valence-corrected chi connectivity index (χ1v) is 26.4. The van der Waals surface area contributed by atoms with Crippen LogP contribution < -0.4 is 29.6 Å². The number of aliphatic hydroxyl groups excluding tert-OH is 3. The fraction of sp³-hybridized carbons (Fsp3) is 0.527. The third-order valence-electron chi connectivity index (χ3n) is 12.5. The van der Waals surface area contributed by atoms with E-state index in [1.54, 1.807) is 0 Å². The van der Waals surface area contributed by atoms with Gasteiger partial charge in [-0.1, -0.05) is 149 Å². The van der Waals surface area contributed by atoms with Gasteiger partial charge in [0.2, 0.25) is 0 Å². The SMILES string of the molecule is CCCCCc1ccc(-c2ccc(CCCCCC(=O)OCC(CO[C@H]3O[C@H](CS(=O)(=O)[O-])[C@@H](O)[C@H](O)[C@H]3O)OC(=O)CCCCCc3ccc(-c4ccc(CCCCC)cc4)cc3)cc2)cc1.[Na+]. The number of hydrogen-bond acceptors (Lipinski definition) is 12. The van der Waals surface area contributed by atoms with Gasteiger partial charge in [0.25, 0.3) is 0 Å². The Labute approximate surface area is 432 Å². The van der Waals surface area contributed by atoms with Crippen molar-refractivity contribution in [2.75, 3.05) is 19.0 Å². The summed E-state index contributed by atoms with van der Waals surface area (Å²) in [6.45, 7) is 3.59. The Morgan fingerprint density at radius 3 is 1.33 bits per heavy atom. The number of rotatable bonds is 30. The third-order valence-corrected chi connectivity index (χ3v) is 13.3. The summed E-state index contributed by atoms with van der Waals surface area (Å²) in [6.07, 6.45) is 5.81. The molecule has 1 fully saturated rings. The molecule has 5 rings (SSSR count). The molecule has 372 valence electrons. The van der Waals surface area contributed by atoms with Crippen molar-refractivity contribution >= 4 is 22.1 Å². The van der Waals surface area contributed by atoms with E-state index in [1.807, 2.05) is 0 Å². The summed E-state index contributed by atoms with van der Waals surface area (Å²) in [5.41, 5.74) is 9.85. The van der Waals surface area contributed by atoms with Crippen LogP contribution in [0.4, 0.5) is 0 Å². The largest absolute Gasteiger partial charge is 1.00 e. The number of ether oxygens (including phenoxy) is 4. The Hall–Kier alpha value is -3.47. The van der Waals surface area contributed by atoms with E-state index in [9.17, 15) is 37.9 Å². The number of carbonyl (C=O) groups is 2. The molecule has 1 aliphatic rings. The Morgan fingerprint density at radius 1 is 0.551 bits per heavy atom. The van der Waals surface area contributed by atoms with Crippen LogP contribution in [0.25, 0.3) is 22.3 Å². The molecule has 0 radical (unpaired) electrons. The number of hydrogen-bond donors (Lipinski definition) is 3. The summed E-state index contributed by atoms with van der Waals surface area (Å²) in [5, 5.41) is 31.1. The average molecular weight is 981 g/mol. The second-order valence-corrected chi connectivity index (χ2v) is 19.6. The standard InChI is InChI=1S/C55H74O12S.Na/c1-3-5-9-15-40-21-29-44(30-22-40)46-33-25-42(26-34-46)17-11-7-13-19-50(56)64-37-48(38-65-55-54(60)53(59)52(58)49(67-55)39-68(61,62)63)66-51(57)20-14-8-12-18-43-27-35-47(36-28-43)45-31-23-41(24-32-45)16-10-6-4-2;/h21-36,48-49,52-55,58-60H,3-20,37-39H2,1-2H3,(H,61,62,63);/q;+1/p-1/t48?,49-,52-,53+,54-,55+;/m1./s1. The molecule has 0 bridgehead atoms. The maximum Gasteiger partial charge on any atom is 1.00 e. The second-order valence-electron chi connectivity index (χ2n) is 18.2. The Morgan fingerprint density at radius 2 is 0.942 bits per heavy atom. The zero-order chi connectivity index (χ0) is 48.7. The molecular formula is C55H73NaO12S. The second kappa shape index (κ2) is 31.1. The van der Waals surface area contributed by atoms with Gasteiger partial charge in [-0.3, -0.25) is 9.59 Å². The van der Waals surface area contributed by atoms with Crippen LogP contribution in [0, 0.1) is 0 Å². The summed E-state index contributed by atoms with van der Waals surface area (Å²) in [7, 11) is -4.88. The van der Waals surface area contributed by atoms with Crippen LogP contribution in [0.5, 0.6) is 0 Å². The van der Waals surface area contributed by atoms with E-state index >= 15 is 0 Å². The fourth-order valence-electron chi connectivity index (χ4n) is 8.38. The predicted molar refractivity (Wildman–Crippen MR) is 263 cm³/mol. The van der Waals surface area contributed by atoms with Gasteiger partial charge in [-0.05, 0) is 109 Å². The Kier molecular flexibility index (Phi) is 26.2. The van der Waals surface area contributed by atoms with Crippen molar-refractivity contribution in [3.63, 3.8) is 0 Å². The first-order valence-electron chi connectivity index (χ1n) is 24.8. The number of unbranched alkanes of at least 4 members (excludes halogenated alkanes) is 8. The van der Waals surface area contributed by atoms with Gasteiger partial charge in [0.05, 0.1) is 22.5 Å². The summed E-state index contributed by atoms with van der Waals surface area (Å²) in [5.74, 6) is -2.23. The van der Waals surface area contributed by atoms with Crippen molar-refractivity contribution in [2.45, 2.75) is 166 Å². The fourth-order valence-corrected chi connectivity index (χ4v) is 9.06. The molecule has 1 aliphatic heterocycles. The smallest absolute Gasteiger partial charge is 0.748 e. The molecule has 0 aliphatic carbocycles. The van der Waals surface area contributed by atoms with Crippen LogP contribution in [0.2, 0.25) is 0 Å². The zero-order valence-corrected chi connectivity index (χ0v) is 43.8. The average Bonchev–Trinajstić information content (AvgIpc) is 3.33. The van der Waals surface area contributed by atoms with E-state index in [0.29, 0.717) is 12.8 Å². The Balaban J connectivity index is 0.0000104. The van der Waals surface area contributed by atoms with Crippen LogP contribution >= 0.6 is 0 Å². The van der Waals surface area contributed by atoms with Gasteiger partial charge in [-0.25, -0.2) is 8.42 Å². The zero-order valence-electron chi connectivity index (χ0n) is 41.0. The molecule has 12 nitrogen and oxygen atoms in total. The summed E-state index contributed by atoms with van der Waals surface area (Å²) in [6, 6.07) is 34.7. The van der Waals surface area contributed by atoms with Crippen LogP contribution in [0.15, 0.2) is 97.1 Å². The molecular weight excluding hydrogens is 908 g/mol. The van der Waals surface area contributed by atoms with Crippen molar-refractivity contribution in [1.82, 2.24) is 0 Å². The van der Waals surface area contributed by atoms with Crippen LogP contribution in [-0.2, 0) is 64.3 Å². The molecule has 4 aromatic rings. The molecule has 4 aromatic carbocycles. The van der Waals surface area contributed by atoms with Crippen molar-refractivity contribution < 1.29 is 86.4 Å². The number of carbonyl (C=O) groups excluding carboxylic acids is 2. The molecule has 0 aromatic heterocycles. The topological polar surface area (TPSA) is 189 Å². The van der Waals surface area contributed by atoms with Gasteiger partial charge in [-0.15, -0.1) is 0 Å². The van der Waals surface area contributed by atoms with E-state index in [0.717, 1.165) is 56.9 Å². The maximum atomic E-state index is 13.0. The molecule has 69 heavy (non-hydrogen) atoms. The number of benzene rings is 4. The molecule has 0 amide bonds. The minimum absolute atomic E-state index is 0. The monoisotopic (exact) mass is 980 g/mol. The summed E-state index contributed by atoms with van der Waals surface area (Å²) < 4.78 is 56.3. The van der Waals surface area contributed by atoms with E-state index < -0.39 is 71.2 Å². The Bertz CT molecular complexity index is 2180. The van der Waals surface area contributed by atoms with Gasteiger partial charge in [0.15, 0.2) is 12.4 Å². The van der Waals surface area contributed by atoms with Crippen LogP contribution in [-0.4, -0.2) is 96.0 Å². The van der Waals surface area contributed by atoms with Crippen molar-refractivity contribution in [3.05, 3.63) is 119 Å². The molecule has 14 heteroatoms. The van der Waals surface area contributed by atoms with Crippen molar-refractivity contribution in [2.24, 2.45) is 0 Å². The van der Waals surface area contributed by atoms with Gasteiger partial charge in [0, 0.05) is 12.8 Å². The summed E-state index contributed by atoms with van der Waals surface area (Å²) in [4.78, 5) is 25.9. The first-order chi connectivity index (χ1) is 32.8. The number of aryl methyl sites for hydroxylation is 4. The molecule has 3 N–H and O–H groups in total. The molecule has 1 saturated heterocycles. The summed E-state index contributed by atoms with van der Waals surface area (Å²) >= 11 is 0. The van der Waals surface area contributed by atoms with E-state index in [-0.39, 0.29) is 49.0 Å². The maximum absolute atomic E-state index is 13.0. The first kappa shape index (κ1) is 58.1. The molecule has 1 unspecified atom stereocenters. The molecule has 0 saturated carbocycles. The number of aliphatic hydroxyl groups is 3. The third kappa shape index (κ3) is 21.0. The van der Waals surface area contributed by atoms with Gasteiger partial charge in [-0.2, -0.15) is 0 Å². The van der Waals surface area contributed by atoms with Crippen molar-refractivity contribution in [1.29, 1.82) is 0 Å². The number of esters is 2. The normalized spacial score (nSPS) is 18.6. The predicted octanol–water partition coefficient (Wildman–Crippen LogP) is 6.22. The van der Waals surface area contributed by atoms with E-state index in [1.165, 1.54) is 77.5 Å². The van der Waals surface area contributed by atoms with Gasteiger partial charge >= 0.3 is 41.5 Å². The van der Waals surface area contributed by atoms with Gasteiger partial charge in [0.1, 0.15) is 31.0 Å². The van der Waals surface area contributed by atoms with Crippen LogP contribution in [0.1, 0.15) is 126 Å². The molecule has 6 atom stereocenters. The minimum atomic E-state index is -4.88. The van der Waals surface area contributed by atoms with E-state index in [4.69, 9.17) is 18.9 Å². The quantitative estimate of drug-likeness (QED) is 0.0232. The minimum Gasteiger partial charge on any atom is -0.748 e. The van der Waals surface area contributed by atoms with Gasteiger partial charge < -0.3 is 38.8 Å². The molecule has 1 heterocycles. The van der Waals surface area contributed by atoms with Crippen molar-refractivity contribution in [3.8, 4) is 22.3 Å².